The maximum absolute atomic E-state index is 11.7. The summed E-state index contributed by atoms with van der Waals surface area (Å²) in [6, 6.07) is 12.3. The number of hydrogen-bond acceptors (Lipinski definition) is 4. The molecular formula is C16H19NO3S. The van der Waals surface area contributed by atoms with Crippen molar-refractivity contribution in [1.29, 1.82) is 0 Å². The van der Waals surface area contributed by atoms with Crippen LogP contribution in [0.15, 0.2) is 46.9 Å². The van der Waals surface area contributed by atoms with Crippen LogP contribution in [0.25, 0.3) is 0 Å². The molecule has 0 amide bonds. The van der Waals surface area contributed by atoms with E-state index in [1.807, 2.05) is 54.5 Å². The smallest absolute Gasteiger partial charge is 0.334 e. The van der Waals surface area contributed by atoms with Crippen LogP contribution in [0.4, 0.5) is 5.69 Å². The van der Waals surface area contributed by atoms with Gasteiger partial charge in [0.2, 0.25) is 0 Å². The molecule has 1 N–H and O–H groups in total. The van der Waals surface area contributed by atoms with Crippen LogP contribution in [-0.4, -0.2) is 23.9 Å². The molecule has 0 aliphatic heterocycles. The van der Waals surface area contributed by atoms with Gasteiger partial charge in [0, 0.05) is 12.2 Å². The van der Waals surface area contributed by atoms with Crippen molar-refractivity contribution in [3.8, 4) is 0 Å². The van der Waals surface area contributed by atoms with Crippen molar-refractivity contribution in [2.24, 2.45) is 0 Å². The normalized spacial score (nSPS) is 12.1. The Hall–Kier alpha value is -1.88. The highest BCUT2D eigenvalue weighted by Crippen LogP contribution is 2.29. The van der Waals surface area contributed by atoms with Crippen molar-refractivity contribution in [2.75, 3.05) is 17.7 Å². The van der Waals surface area contributed by atoms with Crippen LogP contribution in [-0.2, 0) is 10.5 Å². The van der Waals surface area contributed by atoms with Gasteiger partial charge in [-0.2, -0.15) is 11.8 Å². The van der Waals surface area contributed by atoms with Gasteiger partial charge in [-0.25, -0.2) is 4.79 Å². The second-order valence-electron chi connectivity index (χ2n) is 4.60. The summed E-state index contributed by atoms with van der Waals surface area (Å²) < 4.78 is 5.71. The van der Waals surface area contributed by atoms with E-state index in [0.717, 1.165) is 17.2 Å². The number of carboxylic acids is 1. The fourth-order valence-corrected chi connectivity index (χ4v) is 2.74. The lowest BCUT2D eigenvalue weighted by atomic mass is 10.1. The molecule has 1 atom stereocenters. The van der Waals surface area contributed by atoms with Gasteiger partial charge >= 0.3 is 5.97 Å². The quantitative estimate of drug-likeness (QED) is 0.843. The first-order chi connectivity index (χ1) is 10.2. The maximum Gasteiger partial charge on any atom is 0.334 e. The fourth-order valence-electron chi connectivity index (χ4n) is 2.30. The number of nitrogens with zero attached hydrogens (tertiary/aromatic N) is 1. The van der Waals surface area contributed by atoms with E-state index < -0.39 is 12.0 Å². The van der Waals surface area contributed by atoms with Crippen molar-refractivity contribution in [3.05, 3.63) is 54.0 Å². The summed E-state index contributed by atoms with van der Waals surface area (Å²) >= 11 is 1.64. The Labute approximate surface area is 128 Å². The molecule has 21 heavy (non-hydrogen) atoms. The van der Waals surface area contributed by atoms with Gasteiger partial charge in [0.25, 0.3) is 0 Å². The summed E-state index contributed by atoms with van der Waals surface area (Å²) in [5, 5.41) is 9.62. The first-order valence-electron chi connectivity index (χ1n) is 6.79. The molecular weight excluding hydrogens is 286 g/mol. The van der Waals surface area contributed by atoms with E-state index in [0.29, 0.717) is 12.3 Å². The Morgan fingerprint density at radius 2 is 2.00 bits per heavy atom. The minimum absolute atomic E-state index is 0.470. The van der Waals surface area contributed by atoms with Gasteiger partial charge in [-0.3, -0.25) is 0 Å². The zero-order chi connectivity index (χ0) is 15.2. The second-order valence-corrected chi connectivity index (χ2v) is 5.47. The van der Waals surface area contributed by atoms with Crippen molar-refractivity contribution in [1.82, 2.24) is 0 Å². The number of para-hydroxylation sites is 1. The predicted molar refractivity (Wildman–Crippen MR) is 85.8 cm³/mol. The van der Waals surface area contributed by atoms with Crippen molar-refractivity contribution < 1.29 is 14.3 Å². The van der Waals surface area contributed by atoms with Crippen LogP contribution < -0.4 is 4.90 Å². The Bertz CT molecular complexity index is 582. The molecule has 0 fully saturated rings. The summed E-state index contributed by atoms with van der Waals surface area (Å²) in [6.07, 6.45) is 1.99. The molecule has 0 spiro atoms. The summed E-state index contributed by atoms with van der Waals surface area (Å²) in [6.45, 7) is 2.52. The SMILES string of the molecule is CCN(c1ccccc1)C(C(=O)O)c1ccc(CSC)o1. The van der Waals surface area contributed by atoms with E-state index in [1.54, 1.807) is 17.8 Å². The highest BCUT2D eigenvalue weighted by Gasteiger charge is 2.29. The Kier molecular flexibility index (Phi) is 5.33. The van der Waals surface area contributed by atoms with E-state index >= 15 is 0 Å². The van der Waals surface area contributed by atoms with E-state index in [4.69, 9.17) is 4.42 Å². The van der Waals surface area contributed by atoms with Gasteiger partial charge in [-0.15, -0.1) is 0 Å². The third-order valence-electron chi connectivity index (χ3n) is 3.21. The Balaban J connectivity index is 2.34. The van der Waals surface area contributed by atoms with Crippen LogP contribution in [0.3, 0.4) is 0 Å². The van der Waals surface area contributed by atoms with Gasteiger partial charge in [0.15, 0.2) is 6.04 Å². The number of carbonyl (C=O) groups is 1. The van der Waals surface area contributed by atoms with Gasteiger partial charge in [0.05, 0.1) is 5.75 Å². The van der Waals surface area contributed by atoms with Crippen molar-refractivity contribution in [3.63, 3.8) is 0 Å². The number of thioether (sulfide) groups is 1. The molecule has 2 rings (SSSR count). The Morgan fingerprint density at radius 1 is 1.29 bits per heavy atom. The van der Waals surface area contributed by atoms with E-state index in [2.05, 4.69) is 0 Å². The van der Waals surface area contributed by atoms with Gasteiger partial charge < -0.3 is 14.4 Å². The molecule has 112 valence electrons. The highest BCUT2D eigenvalue weighted by atomic mass is 32.2. The molecule has 2 aromatic rings. The Morgan fingerprint density at radius 3 is 2.57 bits per heavy atom. The first-order valence-corrected chi connectivity index (χ1v) is 8.18. The number of carboxylic acid groups (broad SMARTS) is 1. The monoisotopic (exact) mass is 305 g/mol. The van der Waals surface area contributed by atoms with Crippen LogP contribution >= 0.6 is 11.8 Å². The standard InChI is InChI=1S/C16H19NO3S/c1-3-17(12-7-5-4-6-8-12)15(16(18)19)14-10-9-13(20-14)11-21-2/h4-10,15H,3,11H2,1-2H3,(H,18,19). The minimum Gasteiger partial charge on any atom is -0.479 e. The third kappa shape index (κ3) is 3.61. The number of anilines is 1. The summed E-state index contributed by atoms with van der Waals surface area (Å²) in [5.41, 5.74) is 0.871. The number of rotatable bonds is 7. The van der Waals surface area contributed by atoms with Gasteiger partial charge in [-0.05, 0) is 37.4 Å². The van der Waals surface area contributed by atoms with Gasteiger partial charge in [0.1, 0.15) is 11.5 Å². The van der Waals surface area contributed by atoms with E-state index in [9.17, 15) is 9.90 Å². The summed E-state index contributed by atoms with van der Waals surface area (Å²) in [7, 11) is 0. The van der Waals surface area contributed by atoms with Crippen LogP contribution in [0.1, 0.15) is 24.5 Å². The van der Waals surface area contributed by atoms with Crippen molar-refractivity contribution in [2.45, 2.75) is 18.7 Å². The average molecular weight is 305 g/mol. The predicted octanol–water partition coefficient (Wildman–Crippen LogP) is 3.79. The lowest BCUT2D eigenvalue weighted by molar-refractivity contribution is -0.139. The second kappa shape index (κ2) is 7.22. The lowest BCUT2D eigenvalue weighted by Crippen LogP contribution is -2.33. The molecule has 0 saturated carbocycles. The maximum atomic E-state index is 11.7. The number of benzene rings is 1. The van der Waals surface area contributed by atoms with Gasteiger partial charge in [-0.1, -0.05) is 18.2 Å². The highest BCUT2D eigenvalue weighted by molar-refractivity contribution is 7.97. The zero-order valence-electron chi connectivity index (χ0n) is 12.2. The largest absolute Gasteiger partial charge is 0.479 e. The molecule has 1 unspecified atom stereocenters. The van der Waals surface area contributed by atoms with Crippen LogP contribution in [0, 0.1) is 0 Å². The molecule has 0 aliphatic carbocycles. The zero-order valence-corrected chi connectivity index (χ0v) is 13.0. The summed E-state index contributed by atoms with van der Waals surface area (Å²) in [5.74, 6) is 1.10. The number of hydrogen-bond donors (Lipinski definition) is 1. The molecule has 0 aliphatic rings. The molecule has 0 saturated heterocycles. The lowest BCUT2D eigenvalue weighted by Gasteiger charge is -2.28. The summed E-state index contributed by atoms with van der Waals surface area (Å²) in [4.78, 5) is 13.6. The van der Waals surface area contributed by atoms with Crippen molar-refractivity contribution >= 4 is 23.4 Å². The number of likely N-dealkylation sites (N-methyl/N-ethyl adjacent to an activating group) is 1. The molecule has 1 aromatic heterocycles. The molecule has 0 radical (unpaired) electrons. The number of aliphatic carboxylic acids is 1. The topological polar surface area (TPSA) is 53.7 Å². The van der Waals surface area contributed by atoms with E-state index in [-0.39, 0.29) is 0 Å². The number of furan rings is 1. The van der Waals surface area contributed by atoms with Crippen LogP contribution in [0.5, 0.6) is 0 Å². The molecule has 1 aromatic carbocycles. The molecule has 0 bridgehead atoms. The average Bonchev–Trinajstić information content (AvgIpc) is 2.93. The van der Waals surface area contributed by atoms with Crippen LogP contribution in [0.2, 0.25) is 0 Å². The third-order valence-corrected chi connectivity index (χ3v) is 3.79. The first kappa shape index (κ1) is 15.5. The minimum atomic E-state index is -0.911. The molecule has 1 heterocycles. The molecule has 4 nitrogen and oxygen atoms in total. The van der Waals surface area contributed by atoms with E-state index in [1.165, 1.54) is 0 Å². The molecule has 5 heteroatoms. The fraction of sp³-hybridized carbons (Fsp3) is 0.312.